The van der Waals surface area contributed by atoms with E-state index in [4.69, 9.17) is 5.14 Å². The van der Waals surface area contributed by atoms with Crippen LogP contribution in [0.5, 0.6) is 0 Å². The molecule has 1 aromatic carbocycles. The molecule has 0 atom stereocenters. The number of anilines is 1. The molecule has 0 bridgehead atoms. The maximum atomic E-state index is 11.4. The molecule has 3 N–H and O–H groups in total. The van der Waals surface area contributed by atoms with E-state index in [9.17, 15) is 18.5 Å². The molecule has 8 nitrogen and oxygen atoms in total. The third-order valence-electron chi connectivity index (χ3n) is 2.70. The van der Waals surface area contributed by atoms with E-state index in [1.165, 1.54) is 6.20 Å². The summed E-state index contributed by atoms with van der Waals surface area (Å²) in [5.41, 5.74) is 0.270. The smallest absolute Gasteiger partial charge is 0.315 e. The van der Waals surface area contributed by atoms with Crippen molar-refractivity contribution in [3.8, 4) is 0 Å². The maximum Gasteiger partial charge on any atom is 0.315 e. The van der Waals surface area contributed by atoms with Gasteiger partial charge in [-0.25, -0.2) is 13.6 Å². The Labute approximate surface area is 120 Å². The molecule has 0 aliphatic rings. The number of sulfonamides is 1. The Morgan fingerprint density at radius 3 is 2.48 bits per heavy atom. The third-order valence-corrected chi connectivity index (χ3v) is 3.61. The molecule has 2 rings (SSSR count). The average Bonchev–Trinajstić information content (AvgIpc) is 2.44. The minimum absolute atomic E-state index is 0.00428. The van der Waals surface area contributed by atoms with Crippen molar-refractivity contribution in [2.45, 2.75) is 11.4 Å². The summed E-state index contributed by atoms with van der Waals surface area (Å²) in [7, 11) is -4.23. The quantitative estimate of drug-likeness (QED) is 0.632. The molecular formula is C12H12N4O4S. The number of nitro groups is 1. The summed E-state index contributed by atoms with van der Waals surface area (Å²) < 4.78 is 22.8. The lowest BCUT2D eigenvalue weighted by Crippen LogP contribution is -2.16. The van der Waals surface area contributed by atoms with Crippen LogP contribution in [0.2, 0.25) is 0 Å². The van der Waals surface area contributed by atoms with Gasteiger partial charge in [0.2, 0.25) is 10.0 Å². The van der Waals surface area contributed by atoms with Crippen molar-refractivity contribution in [3.63, 3.8) is 0 Å². The Morgan fingerprint density at radius 1 is 1.24 bits per heavy atom. The number of primary sulfonamides is 1. The van der Waals surface area contributed by atoms with Crippen molar-refractivity contribution in [1.29, 1.82) is 0 Å². The van der Waals surface area contributed by atoms with Crippen molar-refractivity contribution in [1.82, 2.24) is 4.98 Å². The molecule has 0 radical (unpaired) electrons. The van der Waals surface area contributed by atoms with Crippen LogP contribution >= 0.6 is 0 Å². The standard InChI is InChI=1S/C12H12N4O4S/c13-21(19,20)11-8-14-7-10(12(11)16(17)18)15-6-9-4-2-1-3-5-9/h1-5,7-8,15H,6H2,(H2,13,19,20). The molecule has 1 aromatic heterocycles. The lowest BCUT2D eigenvalue weighted by Gasteiger charge is -2.08. The first kappa shape index (κ1) is 14.9. The molecule has 21 heavy (non-hydrogen) atoms. The molecule has 0 saturated heterocycles. The summed E-state index contributed by atoms with van der Waals surface area (Å²) >= 11 is 0. The summed E-state index contributed by atoms with van der Waals surface area (Å²) in [5.74, 6) is 0. The topological polar surface area (TPSA) is 128 Å². The van der Waals surface area contributed by atoms with Gasteiger partial charge in [0, 0.05) is 6.54 Å². The zero-order valence-corrected chi connectivity index (χ0v) is 11.6. The summed E-state index contributed by atoms with van der Waals surface area (Å²) in [4.78, 5) is 13.4. The van der Waals surface area contributed by atoms with Gasteiger partial charge < -0.3 is 5.32 Å². The number of benzene rings is 1. The van der Waals surface area contributed by atoms with Gasteiger partial charge in [0.1, 0.15) is 5.69 Å². The normalized spacial score (nSPS) is 11.1. The molecule has 9 heteroatoms. The van der Waals surface area contributed by atoms with Gasteiger partial charge in [-0.3, -0.25) is 15.1 Å². The number of pyridine rings is 1. The van der Waals surface area contributed by atoms with Gasteiger partial charge >= 0.3 is 5.69 Å². The maximum absolute atomic E-state index is 11.4. The second-order valence-electron chi connectivity index (χ2n) is 4.18. The van der Waals surface area contributed by atoms with Crippen molar-refractivity contribution >= 4 is 21.4 Å². The Morgan fingerprint density at radius 2 is 1.90 bits per heavy atom. The Balaban J connectivity index is 2.38. The first-order valence-electron chi connectivity index (χ1n) is 5.82. The van der Waals surface area contributed by atoms with Crippen LogP contribution in [0, 0.1) is 10.1 Å². The van der Waals surface area contributed by atoms with Crippen LogP contribution in [0.3, 0.4) is 0 Å². The van der Waals surface area contributed by atoms with E-state index in [1.807, 2.05) is 30.3 Å². The number of rotatable bonds is 5. The van der Waals surface area contributed by atoms with Crippen LogP contribution in [-0.4, -0.2) is 18.3 Å². The summed E-state index contributed by atoms with van der Waals surface area (Å²) in [6, 6.07) is 9.15. The highest BCUT2D eigenvalue weighted by molar-refractivity contribution is 7.89. The number of nitrogens with two attached hydrogens (primary N) is 1. The van der Waals surface area contributed by atoms with E-state index in [0.717, 1.165) is 11.8 Å². The number of aromatic nitrogens is 1. The highest BCUT2D eigenvalue weighted by atomic mass is 32.2. The van der Waals surface area contributed by atoms with E-state index in [0.29, 0.717) is 0 Å². The van der Waals surface area contributed by atoms with Gasteiger partial charge in [0.05, 0.1) is 17.3 Å². The lowest BCUT2D eigenvalue weighted by molar-refractivity contribution is -0.387. The van der Waals surface area contributed by atoms with Crippen molar-refractivity contribution in [3.05, 3.63) is 58.4 Å². The van der Waals surface area contributed by atoms with Gasteiger partial charge in [-0.1, -0.05) is 30.3 Å². The first-order chi connectivity index (χ1) is 9.89. The molecule has 0 saturated carbocycles. The van der Waals surface area contributed by atoms with Crippen molar-refractivity contribution in [2.24, 2.45) is 5.14 Å². The molecule has 2 aromatic rings. The molecule has 0 aliphatic heterocycles. The third kappa shape index (κ3) is 3.52. The molecule has 1 heterocycles. The van der Waals surface area contributed by atoms with E-state index in [-0.39, 0.29) is 12.2 Å². The van der Waals surface area contributed by atoms with Crippen LogP contribution in [0.15, 0.2) is 47.6 Å². The average molecular weight is 308 g/mol. The Hall–Kier alpha value is -2.52. The zero-order chi connectivity index (χ0) is 15.5. The first-order valence-corrected chi connectivity index (χ1v) is 7.37. The minimum atomic E-state index is -4.23. The van der Waals surface area contributed by atoms with E-state index >= 15 is 0 Å². The monoisotopic (exact) mass is 308 g/mol. The fourth-order valence-corrected chi connectivity index (χ4v) is 2.42. The van der Waals surface area contributed by atoms with Crippen LogP contribution in [0.4, 0.5) is 11.4 Å². The fraction of sp³-hybridized carbons (Fsp3) is 0.0833. The van der Waals surface area contributed by atoms with Crippen LogP contribution < -0.4 is 10.5 Å². The molecule has 0 unspecified atom stereocenters. The molecule has 0 amide bonds. The summed E-state index contributed by atoms with van der Waals surface area (Å²) in [6.45, 7) is 0.289. The second-order valence-corrected chi connectivity index (χ2v) is 5.70. The highest BCUT2D eigenvalue weighted by Crippen LogP contribution is 2.30. The molecule has 0 aliphatic carbocycles. The minimum Gasteiger partial charge on any atom is -0.374 e. The summed E-state index contributed by atoms with van der Waals surface area (Å²) in [6.07, 6.45) is 2.05. The SMILES string of the molecule is NS(=O)(=O)c1cncc(NCc2ccccc2)c1[N+](=O)[O-]. The lowest BCUT2D eigenvalue weighted by atomic mass is 10.2. The van der Waals surface area contributed by atoms with Crippen molar-refractivity contribution in [2.75, 3.05) is 5.32 Å². The fourth-order valence-electron chi connectivity index (χ4n) is 1.75. The number of hydrogen-bond donors (Lipinski definition) is 2. The van der Waals surface area contributed by atoms with Crippen LogP contribution in [-0.2, 0) is 16.6 Å². The van der Waals surface area contributed by atoms with Gasteiger partial charge in [-0.05, 0) is 5.56 Å². The largest absolute Gasteiger partial charge is 0.374 e. The van der Waals surface area contributed by atoms with Gasteiger partial charge in [0.15, 0.2) is 4.90 Å². The van der Waals surface area contributed by atoms with E-state index < -0.39 is 25.5 Å². The predicted octanol–water partition coefficient (Wildman–Crippen LogP) is 1.25. The van der Waals surface area contributed by atoms with Crippen LogP contribution in [0.25, 0.3) is 0 Å². The van der Waals surface area contributed by atoms with Crippen molar-refractivity contribution < 1.29 is 13.3 Å². The number of hydrogen-bond acceptors (Lipinski definition) is 6. The Kier molecular flexibility index (Phi) is 4.15. The Bertz CT molecular complexity index is 762. The van der Waals surface area contributed by atoms with E-state index in [2.05, 4.69) is 10.3 Å². The number of nitrogens with zero attached hydrogens (tertiary/aromatic N) is 2. The van der Waals surface area contributed by atoms with Gasteiger partial charge in [0.25, 0.3) is 0 Å². The summed E-state index contributed by atoms with van der Waals surface area (Å²) in [5, 5.41) is 18.9. The molecule has 0 fully saturated rings. The number of nitrogens with one attached hydrogen (secondary N) is 1. The molecule has 110 valence electrons. The molecular weight excluding hydrogens is 296 g/mol. The predicted molar refractivity (Wildman–Crippen MR) is 76.0 cm³/mol. The zero-order valence-electron chi connectivity index (χ0n) is 10.8. The molecule has 0 spiro atoms. The second kappa shape index (κ2) is 5.85. The highest BCUT2D eigenvalue weighted by Gasteiger charge is 2.27. The van der Waals surface area contributed by atoms with Gasteiger partial charge in [-0.2, -0.15) is 0 Å². The van der Waals surface area contributed by atoms with Crippen LogP contribution in [0.1, 0.15) is 5.56 Å². The van der Waals surface area contributed by atoms with E-state index in [1.54, 1.807) is 0 Å². The van der Waals surface area contributed by atoms with Gasteiger partial charge in [-0.15, -0.1) is 0 Å².